The highest BCUT2D eigenvalue weighted by atomic mass is 16.5. The molecule has 5 heteroatoms. The van der Waals surface area contributed by atoms with Crippen LogP contribution in [0.4, 0.5) is 5.69 Å². The molecule has 24 heavy (non-hydrogen) atoms. The third kappa shape index (κ3) is 4.72. The number of amides is 1. The van der Waals surface area contributed by atoms with Crippen LogP contribution in [0.3, 0.4) is 0 Å². The Morgan fingerprint density at radius 3 is 2.67 bits per heavy atom. The Hall–Kier alpha value is -2.56. The number of likely N-dealkylation sites (tertiary alicyclic amines) is 1. The monoisotopic (exact) mass is 325 g/mol. The molecule has 2 heterocycles. The molecule has 1 aromatic carbocycles. The maximum atomic E-state index is 12.3. The van der Waals surface area contributed by atoms with Crippen LogP contribution in [0.5, 0.6) is 5.75 Å². The van der Waals surface area contributed by atoms with Gasteiger partial charge in [0.2, 0.25) is 5.91 Å². The molecule has 0 spiro atoms. The van der Waals surface area contributed by atoms with Crippen molar-refractivity contribution >= 4 is 11.6 Å². The summed E-state index contributed by atoms with van der Waals surface area (Å²) in [5, 5.41) is 3.48. The Bertz CT molecular complexity index is 626. The number of ether oxygens (including phenoxy) is 1. The minimum atomic E-state index is 0.172. The number of nitrogens with zero attached hydrogens (tertiary/aromatic N) is 2. The average Bonchev–Trinajstić information content (AvgIpc) is 2.64. The first kappa shape index (κ1) is 16.3. The Morgan fingerprint density at radius 1 is 1.17 bits per heavy atom. The molecule has 1 aliphatic rings. The minimum Gasteiger partial charge on any atom is -0.493 e. The molecular formula is C19H23N3O2. The number of benzene rings is 1. The van der Waals surface area contributed by atoms with Crippen LogP contribution >= 0.6 is 0 Å². The highest BCUT2D eigenvalue weighted by Crippen LogP contribution is 2.16. The molecule has 0 radical (unpaired) electrons. The lowest BCUT2D eigenvalue weighted by atomic mass is 10.0. The van der Waals surface area contributed by atoms with Crippen LogP contribution in [-0.2, 0) is 4.79 Å². The van der Waals surface area contributed by atoms with E-state index in [1.165, 1.54) is 0 Å². The number of pyridine rings is 1. The molecule has 126 valence electrons. The first-order chi connectivity index (χ1) is 11.8. The average molecular weight is 325 g/mol. The summed E-state index contributed by atoms with van der Waals surface area (Å²) >= 11 is 0. The fraction of sp³-hybridized carbons (Fsp3) is 0.368. The number of piperidine rings is 1. The first-order valence-corrected chi connectivity index (χ1v) is 8.43. The molecule has 0 unspecified atom stereocenters. The summed E-state index contributed by atoms with van der Waals surface area (Å²) in [6.45, 7) is 2.01. The fourth-order valence-corrected chi connectivity index (χ4v) is 2.89. The Kier molecular flexibility index (Phi) is 5.66. The third-order valence-electron chi connectivity index (χ3n) is 4.21. The van der Waals surface area contributed by atoms with Crippen LogP contribution in [0.1, 0.15) is 19.3 Å². The summed E-state index contributed by atoms with van der Waals surface area (Å²) in [5.41, 5.74) is 1.04. The van der Waals surface area contributed by atoms with Gasteiger partial charge in [0.25, 0.3) is 0 Å². The smallest absolute Gasteiger partial charge is 0.225 e. The van der Waals surface area contributed by atoms with E-state index in [4.69, 9.17) is 4.74 Å². The van der Waals surface area contributed by atoms with Gasteiger partial charge in [-0.2, -0.15) is 0 Å². The SMILES string of the molecule is O=C(CCOc1ccccc1)N1CCC(Nc2cccnc2)CC1. The maximum Gasteiger partial charge on any atom is 0.225 e. The zero-order valence-electron chi connectivity index (χ0n) is 13.7. The van der Waals surface area contributed by atoms with Crippen molar-refractivity contribution in [2.75, 3.05) is 25.0 Å². The second-order valence-corrected chi connectivity index (χ2v) is 5.95. The molecule has 3 rings (SSSR count). The van der Waals surface area contributed by atoms with Gasteiger partial charge < -0.3 is 15.0 Å². The number of anilines is 1. The summed E-state index contributed by atoms with van der Waals surface area (Å²) in [6, 6.07) is 14.0. The van der Waals surface area contributed by atoms with E-state index >= 15 is 0 Å². The highest BCUT2D eigenvalue weighted by molar-refractivity contribution is 5.76. The summed E-state index contributed by atoms with van der Waals surface area (Å²) in [7, 11) is 0. The van der Waals surface area contributed by atoms with Crippen molar-refractivity contribution in [1.29, 1.82) is 0 Å². The number of carbonyl (C=O) groups is 1. The van der Waals surface area contributed by atoms with E-state index in [2.05, 4.69) is 10.3 Å². The third-order valence-corrected chi connectivity index (χ3v) is 4.21. The molecular weight excluding hydrogens is 302 g/mol. The molecule has 1 aromatic heterocycles. The summed E-state index contributed by atoms with van der Waals surface area (Å²) in [4.78, 5) is 18.3. The molecule has 0 aliphatic carbocycles. The summed E-state index contributed by atoms with van der Waals surface area (Å²) < 4.78 is 5.60. The van der Waals surface area contributed by atoms with Crippen LogP contribution in [0.25, 0.3) is 0 Å². The molecule has 5 nitrogen and oxygen atoms in total. The van der Waals surface area contributed by atoms with Gasteiger partial charge >= 0.3 is 0 Å². The van der Waals surface area contributed by atoms with Gasteiger partial charge in [-0.3, -0.25) is 9.78 Å². The quantitative estimate of drug-likeness (QED) is 0.887. The molecule has 1 fully saturated rings. The lowest BCUT2D eigenvalue weighted by Gasteiger charge is -2.33. The predicted octanol–water partition coefficient (Wildman–Crippen LogP) is 2.95. The van der Waals surface area contributed by atoms with Crippen LogP contribution < -0.4 is 10.1 Å². The molecule has 2 aromatic rings. The topological polar surface area (TPSA) is 54.5 Å². The molecule has 1 amide bonds. The van der Waals surface area contributed by atoms with Crippen molar-refractivity contribution in [3.8, 4) is 5.75 Å². The molecule has 1 N–H and O–H groups in total. The Morgan fingerprint density at radius 2 is 1.96 bits per heavy atom. The Labute approximate surface area is 142 Å². The zero-order chi connectivity index (χ0) is 16.6. The van der Waals surface area contributed by atoms with Crippen LogP contribution in [0.15, 0.2) is 54.9 Å². The second kappa shape index (κ2) is 8.34. The normalized spacial score (nSPS) is 15.1. The van der Waals surface area contributed by atoms with Crippen LogP contribution in [0.2, 0.25) is 0 Å². The van der Waals surface area contributed by atoms with Gasteiger partial charge in [-0.25, -0.2) is 0 Å². The summed E-state index contributed by atoms with van der Waals surface area (Å²) in [6.07, 6.45) is 5.94. The van der Waals surface area contributed by atoms with Gasteiger partial charge in [0, 0.05) is 31.5 Å². The van der Waals surface area contributed by atoms with E-state index in [9.17, 15) is 4.79 Å². The predicted molar refractivity (Wildman–Crippen MR) is 94.0 cm³/mol. The van der Waals surface area contributed by atoms with Gasteiger partial charge in [-0.05, 0) is 37.1 Å². The van der Waals surface area contributed by atoms with E-state index < -0.39 is 0 Å². The number of hydrogen-bond acceptors (Lipinski definition) is 4. The van der Waals surface area contributed by atoms with E-state index in [1.807, 2.05) is 53.6 Å². The highest BCUT2D eigenvalue weighted by Gasteiger charge is 2.22. The van der Waals surface area contributed by atoms with Crippen LogP contribution in [-0.4, -0.2) is 41.5 Å². The van der Waals surface area contributed by atoms with Gasteiger partial charge in [0.1, 0.15) is 5.75 Å². The molecule has 1 saturated heterocycles. The van der Waals surface area contributed by atoms with Gasteiger partial charge in [0.05, 0.1) is 18.7 Å². The van der Waals surface area contributed by atoms with Gasteiger partial charge in [-0.15, -0.1) is 0 Å². The van der Waals surface area contributed by atoms with E-state index in [1.54, 1.807) is 6.20 Å². The van der Waals surface area contributed by atoms with Crippen molar-refractivity contribution in [1.82, 2.24) is 9.88 Å². The van der Waals surface area contributed by atoms with Crippen LogP contribution in [0, 0.1) is 0 Å². The molecule has 1 aliphatic heterocycles. The van der Waals surface area contributed by atoms with Crippen molar-refractivity contribution < 1.29 is 9.53 Å². The Balaban J connectivity index is 1.37. The number of para-hydroxylation sites is 1. The molecule has 0 saturated carbocycles. The van der Waals surface area contributed by atoms with E-state index in [0.29, 0.717) is 19.1 Å². The first-order valence-electron chi connectivity index (χ1n) is 8.43. The fourth-order valence-electron chi connectivity index (χ4n) is 2.89. The van der Waals surface area contributed by atoms with E-state index in [0.717, 1.165) is 37.4 Å². The lowest BCUT2D eigenvalue weighted by Crippen LogP contribution is -2.42. The number of carbonyl (C=O) groups excluding carboxylic acids is 1. The zero-order valence-corrected chi connectivity index (χ0v) is 13.7. The van der Waals surface area contributed by atoms with Gasteiger partial charge in [0.15, 0.2) is 0 Å². The molecule has 0 atom stereocenters. The maximum absolute atomic E-state index is 12.3. The summed E-state index contributed by atoms with van der Waals surface area (Å²) in [5.74, 6) is 0.982. The van der Waals surface area contributed by atoms with Crippen molar-refractivity contribution in [2.24, 2.45) is 0 Å². The number of hydrogen-bond donors (Lipinski definition) is 1. The van der Waals surface area contributed by atoms with E-state index in [-0.39, 0.29) is 5.91 Å². The molecule has 0 bridgehead atoms. The van der Waals surface area contributed by atoms with Crippen molar-refractivity contribution in [3.05, 3.63) is 54.9 Å². The minimum absolute atomic E-state index is 0.172. The largest absolute Gasteiger partial charge is 0.493 e. The van der Waals surface area contributed by atoms with Crippen molar-refractivity contribution in [3.63, 3.8) is 0 Å². The number of rotatable bonds is 6. The van der Waals surface area contributed by atoms with Gasteiger partial charge in [-0.1, -0.05) is 18.2 Å². The van der Waals surface area contributed by atoms with Crippen molar-refractivity contribution in [2.45, 2.75) is 25.3 Å². The second-order valence-electron chi connectivity index (χ2n) is 5.95. The standard InChI is InChI=1S/C19H23N3O2/c23-19(10-14-24-18-6-2-1-3-7-18)22-12-8-16(9-13-22)21-17-5-4-11-20-15-17/h1-7,11,15-16,21H,8-10,12-14H2. The lowest BCUT2D eigenvalue weighted by molar-refractivity contribution is -0.132. The number of aromatic nitrogens is 1. The number of nitrogens with one attached hydrogen (secondary N) is 1.